The molecule has 0 aromatic carbocycles. The van der Waals surface area contributed by atoms with Crippen molar-refractivity contribution < 1.29 is 14.3 Å². The van der Waals surface area contributed by atoms with Gasteiger partial charge in [-0.05, 0) is 18.2 Å². The molecule has 21 heavy (non-hydrogen) atoms. The van der Waals surface area contributed by atoms with Crippen molar-refractivity contribution in [2.75, 3.05) is 13.2 Å². The molecule has 5 nitrogen and oxygen atoms in total. The number of primary amides is 1. The van der Waals surface area contributed by atoms with E-state index < -0.39 is 5.91 Å². The van der Waals surface area contributed by atoms with Crippen LogP contribution in [0.5, 0.6) is 0 Å². The van der Waals surface area contributed by atoms with Crippen LogP contribution >= 0.6 is 11.3 Å². The summed E-state index contributed by atoms with van der Waals surface area (Å²) in [6.45, 7) is 1.14. The quantitative estimate of drug-likeness (QED) is 0.838. The van der Waals surface area contributed by atoms with Crippen molar-refractivity contribution in [3.05, 3.63) is 39.1 Å². The van der Waals surface area contributed by atoms with E-state index in [-0.39, 0.29) is 0 Å². The second-order valence-electron chi connectivity index (χ2n) is 4.87. The van der Waals surface area contributed by atoms with E-state index in [1.165, 1.54) is 11.3 Å². The normalized spacial score (nSPS) is 16.8. The van der Waals surface area contributed by atoms with Gasteiger partial charge in [-0.3, -0.25) is 4.79 Å². The molecule has 0 saturated carbocycles. The number of aromatic nitrogens is 1. The van der Waals surface area contributed by atoms with Crippen molar-refractivity contribution in [3.63, 3.8) is 0 Å². The van der Waals surface area contributed by atoms with Gasteiger partial charge in [0.2, 0.25) is 0 Å². The van der Waals surface area contributed by atoms with Gasteiger partial charge in [-0.1, -0.05) is 6.08 Å². The molecule has 6 heteroatoms. The van der Waals surface area contributed by atoms with Gasteiger partial charge in [0, 0.05) is 17.0 Å². The Morgan fingerprint density at radius 2 is 2.14 bits per heavy atom. The maximum atomic E-state index is 11.3. The number of nitrogens with two attached hydrogens (primary N) is 1. The molecule has 4 rings (SSSR count). The van der Waals surface area contributed by atoms with Gasteiger partial charge in [-0.15, -0.1) is 11.3 Å². The Balaban J connectivity index is 1.95. The van der Waals surface area contributed by atoms with Gasteiger partial charge >= 0.3 is 0 Å². The number of nitrogens with zero attached hydrogens (tertiary/aromatic N) is 1. The molecule has 0 bridgehead atoms. The summed E-state index contributed by atoms with van der Waals surface area (Å²) in [6.07, 6.45) is 4.62. The van der Waals surface area contributed by atoms with E-state index in [0.717, 1.165) is 32.3 Å². The molecule has 106 valence electrons. The monoisotopic (exact) mass is 300 g/mol. The number of carbonyl (C=O) groups is 1. The smallest absolute Gasteiger partial charge is 0.258 e. The Hall–Kier alpha value is -2.34. The summed E-state index contributed by atoms with van der Waals surface area (Å²) in [5.74, 6) is 1.19. The first kappa shape index (κ1) is 12.4. The molecule has 1 amide bonds. The van der Waals surface area contributed by atoms with Crippen LogP contribution in [0.4, 0.5) is 0 Å². The van der Waals surface area contributed by atoms with E-state index in [1.807, 2.05) is 18.2 Å². The molecule has 0 spiro atoms. The van der Waals surface area contributed by atoms with E-state index in [0.29, 0.717) is 24.5 Å². The predicted octanol–water partition coefficient (Wildman–Crippen LogP) is 0.618. The lowest BCUT2D eigenvalue weighted by Gasteiger charge is -2.18. The van der Waals surface area contributed by atoms with Gasteiger partial charge in [-0.25, -0.2) is 4.98 Å². The minimum absolute atomic E-state index is 0.421. The highest BCUT2D eigenvalue weighted by atomic mass is 32.1. The average Bonchev–Trinajstić information content (AvgIpc) is 2.80. The molecule has 2 aromatic heterocycles. The molecule has 0 fully saturated rings. The summed E-state index contributed by atoms with van der Waals surface area (Å²) in [4.78, 5) is 17.2. The fourth-order valence-corrected chi connectivity index (χ4v) is 3.36. The molecule has 0 radical (unpaired) electrons. The molecule has 2 aliphatic rings. The first-order valence-electron chi connectivity index (χ1n) is 6.62. The summed E-state index contributed by atoms with van der Waals surface area (Å²) in [6, 6.07) is 3.78. The van der Waals surface area contributed by atoms with Gasteiger partial charge < -0.3 is 15.2 Å². The Labute approximate surface area is 124 Å². The van der Waals surface area contributed by atoms with Crippen molar-refractivity contribution >= 4 is 39.6 Å². The molecular formula is C15H12N2O3S. The van der Waals surface area contributed by atoms with Crippen LogP contribution in [0.15, 0.2) is 23.7 Å². The number of carbonyl (C=O) groups excluding carboxylic acids is 1. The van der Waals surface area contributed by atoms with Gasteiger partial charge in [0.15, 0.2) is 5.76 Å². The summed E-state index contributed by atoms with van der Waals surface area (Å²) < 4.78 is 11.3. The maximum absolute atomic E-state index is 11.3. The van der Waals surface area contributed by atoms with E-state index in [4.69, 9.17) is 15.2 Å². The van der Waals surface area contributed by atoms with Crippen molar-refractivity contribution in [1.82, 2.24) is 4.98 Å². The van der Waals surface area contributed by atoms with Crippen molar-refractivity contribution in [3.8, 4) is 0 Å². The van der Waals surface area contributed by atoms with E-state index >= 15 is 0 Å². The largest absolute Gasteiger partial charge is 0.490 e. The van der Waals surface area contributed by atoms with Gasteiger partial charge in [0.05, 0.1) is 10.2 Å². The predicted molar refractivity (Wildman–Crippen MR) is 79.9 cm³/mol. The van der Waals surface area contributed by atoms with Gasteiger partial charge in [0.25, 0.3) is 5.91 Å². The minimum atomic E-state index is -0.421. The van der Waals surface area contributed by atoms with Crippen LogP contribution in [0, 0.1) is 0 Å². The zero-order valence-electron chi connectivity index (χ0n) is 11.1. The molecular weight excluding hydrogens is 288 g/mol. The van der Waals surface area contributed by atoms with E-state index in [9.17, 15) is 4.79 Å². The Kier molecular flexibility index (Phi) is 2.71. The number of allylic oxidation sites excluding steroid dienone is 2. The lowest BCUT2D eigenvalue weighted by molar-refractivity contribution is 0.0712. The molecule has 1 aliphatic carbocycles. The SMILES string of the molecule is NC(=O)c1cc2cc3c(nc2s1)=CCC1=C(C=3)OCCO1. The molecule has 0 saturated heterocycles. The van der Waals surface area contributed by atoms with Crippen LogP contribution in [-0.2, 0) is 9.47 Å². The molecule has 0 atom stereocenters. The highest BCUT2D eigenvalue weighted by Gasteiger charge is 2.15. The standard InChI is InChI=1S/C15H12N2O3S/c16-14(18)13-7-9-5-8-6-12-11(19-3-4-20-12)2-1-10(8)17-15(9)21-13/h1,5-7H,2-4H2,(H2,16,18). The van der Waals surface area contributed by atoms with Crippen LogP contribution in [0.25, 0.3) is 22.4 Å². The Morgan fingerprint density at radius 3 is 3.00 bits per heavy atom. The lowest BCUT2D eigenvalue weighted by Crippen LogP contribution is -2.27. The third kappa shape index (κ3) is 2.08. The second kappa shape index (κ2) is 4.60. The second-order valence-corrected chi connectivity index (χ2v) is 5.90. The summed E-state index contributed by atoms with van der Waals surface area (Å²) in [7, 11) is 0. The van der Waals surface area contributed by atoms with Crippen LogP contribution in [0.1, 0.15) is 16.1 Å². The van der Waals surface area contributed by atoms with Gasteiger partial charge in [-0.2, -0.15) is 0 Å². The highest BCUT2D eigenvalue weighted by molar-refractivity contribution is 7.20. The topological polar surface area (TPSA) is 74.4 Å². The molecule has 2 N–H and O–H groups in total. The zero-order chi connectivity index (χ0) is 14.4. The molecule has 0 unspecified atom stereocenters. The lowest BCUT2D eigenvalue weighted by atomic mass is 10.2. The minimum Gasteiger partial charge on any atom is -0.490 e. The third-order valence-corrected chi connectivity index (χ3v) is 4.53. The summed E-state index contributed by atoms with van der Waals surface area (Å²) >= 11 is 1.31. The van der Waals surface area contributed by atoms with Crippen LogP contribution in [0.3, 0.4) is 0 Å². The maximum Gasteiger partial charge on any atom is 0.258 e. The summed E-state index contributed by atoms with van der Waals surface area (Å²) in [5.41, 5.74) is 5.33. The average molecular weight is 300 g/mol. The van der Waals surface area contributed by atoms with Crippen LogP contribution in [0.2, 0.25) is 0 Å². The Bertz CT molecular complexity index is 911. The fourth-order valence-electron chi connectivity index (χ4n) is 2.48. The van der Waals surface area contributed by atoms with Crippen molar-refractivity contribution in [1.29, 1.82) is 0 Å². The molecule has 1 aliphatic heterocycles. The third-order valence-electron chi connectivity index (χ3n) is 3.47. The number of hydrogen-bond acceptors (Lipinski definition) is 5. The number of rotatable bonds is 1. The fraction of sp³-hybridized carbons (Fsp3) is 0.200. The first-order valence-corrected chi connectivity index (χ1v) is 7.43. The molecule has 3 heterocycles. The first-order chi connectivity index (χ1) is 10.2. The van der Waals surface area contributed by atoms with E-state index in [2.05, 4.69) is 4.98 Å². The van der Waals surface area contributed by atoms with E-state index in [1.54, 1.807) is 6.07 Å². The van der Waals surface area contributed by atoms with Crippen molar-refractivity contribution in [2.45, 2.75) is 6.42 Å². The number of pyridine rings is 1. The Morgan fingerprint density at radius 1 is 1.29 bits per heavy atom. The number of fused-ring (bicyclic) bond motifs is 2. The zero-order valence-corrected chi connectivity index (χ0v) is 11.9. The highest BCUT2D eigenvalue weighted by Crippen LogP contribution is 2.22. The van der Waals surface area contributed by atoms with Crippen molar-refractivity contribution in [2.24, 2.45) is 5.73 Å². The van der Waals surface area contributed by atoms with Crippen LogP contribution in [-0.4, -0.2) is 24.1 Å². The number of hydrogen-bond donors (Lipinski definition) is 1. The van der Waals surface area contributed by atoms with Crippen LogP contribution < -0.4 is 16.3 Å². The number of thiophene rings is 1. The van der Waals surface area contributed by atoms with Gasteiger partial charge in [0.1, 0.15) is 23.8 Å². The number of ether oxygens (including phenoxy) is 2. The number of amides is 1. The molecule has 2 aromatic rings. The summed E-state index contributed by atoms with van der Waals surface area (Å²) in [5, 5.41) is 2.76.